The minimum atomic E-state index is -0.672. The third kappa shape index (κ3) is 4.12. The van der Waals surface area contributed by atoms with Crippen LogP contribution in [0, 0.1) is 23.2 Å². The number of hydrogen-bond acceptors (Lipinski definition) is 3. The van der Waals surface area contributed by atoms with Crippen LogP contribution in [0.25, 0.3) is 0 Å². The molecule has 1 aromatic carbocycles. The Bertz CT molecular complexity index is 653. The fraction of sp³-hybridized carbons (Fsp3) is 0.636. The van der Waals surface area contributed by atoms with E-state index in [0.717, 1.165) is 29.9 Å². The van der Waals surface area contributed by atoms with Crippen molar-refractivity contribution in [2.45, 2.75) is 51.0 Å². The Hall–Kier alpha value is -2.04. The summed E-state index contributed by atoms with van der Waals surface area (Å²) in [5.41, 5.74) is 1.28. The summed E-state index contributed by atoms with van der Waals surface area (Å²) in [5.74, 6) is 2.18. The van der Waals surface area contributed by atoms with Crippen molar-refractivity contribution in [3.05, 3.63) is 35.9 Å². The van der Waals surface area contributed by atoms with Crippen LogP contribution in [-0.4, -0.2) is 31.7 Å². The highest BCUT2D eigenvalue weighted by molar-refractivity contribution is 5.83. The highest BCUT2D eigenvalue weighted by atomic mass is 16.5. The molecule has 27 heavy (non-hydrogen) atoms. The number of methoxy groups -OCH3 is 1. The minimum Gasteiger partial charge on any atom is -0.467 e. The smallest absolute Gasteiger partial charge is 0.328 e. The molecule has 4 aliphatic carbocycles. The lowest BCUT2D eigenvalue weighted by atomic mass is 9.49. The molecule has 4 aliphatic rings. The van der Waals surface area contributed by atoms with Gasteiger partial charge in [0.15, 0.2) is 0 Å². The van der Waals surface area contributed by atoms with E-state index in [9.17, 15) is 9.59 Å². The molecule has 0 saturated heterocycles. The van der Waals surface area contributed by atoms with Crippen molar-refractivity contribution in [1.29, 1.82) is 0 Å². The van der Waals surface area contributed by atoms with Crippen LogP contribution >= 0.6 is 0 Å². The molecular formula is C22H30N2O3. The van der Waals surface area contributed by atoms with E-state index in [2.05, 4.69) is 10.6 Å². The number of urea groups is 1. The summed E-state index contributed by atoms with van der Waals surface area (Å²) >= 11 is 0. The molecule has 0 aromatic heterocycles. The normalized spacial score (nSPS) is 32.0. The molecule has 146 valence electrons. The van der Waals surface area contributed by atoms with Crippen LogP contribution in [0.4, 0.5) is 4.79 Å². The lowest BCUT2D eigenvalue weighted by Gasteiger charge is -2.56. The first-order valence-electron chi connectivity index (χ1n) is 10.2. The summed E-state index contributed by atoms with van der Waals surface area (Å²) in [6.45, 7) is 0.724. The molecule has 5 nitrogen and oxygen atoms in total. The minimum absolute atomic E-state index is 0.267. The van der Waals surface area contributed by atoms with Gasteiger partial charge in [-0.3, -0.25) is 0 Å². The Balaban J connectivity index is 1.34. The van der Waals surface area contributed by atoms with Gasteiger partial charge in [-0.25, -0.2) is 9.59 Å². The van der Waals surface area contributed by atoms with Crippen LogP contribution in [0.2, 0.25) is 0 Å². The number of rotatable bonds is 6. The first kappa shape index (κ1) is 18.3. The second-order valence-corrected chi connectivity index (χ2v) is 9.01. The number of nitrogens with one attached hydrogen (secondary N) is 2. The average Bonchev–Trinajstić information content (AvgIpc) is 2.65. The molecule has 0 radical (unpaired) electrons. The largest absolute Gasteiger partial charge is 0.467 e. The van der Waals surface area contributed by atoms with Crippen molar-refractivity contribution in [2.75, 3.05) is 13.7 Å². The van der Waals surface area contributed by atoms with E-state index >= 15 is 0 Å². The maximum absolute atomic E-state index is 12.5. The van der Waals surface area contributed by atoms with E-state index in [1.54, 1.807) is 0 Å². The lowest BCUT2D eigenvalue weighted by Crippen LogP contribution is -2.54. The Kier molecular flexibility index (Phi) is 5.11. The van der Waals surface area contributed by atoms with E-state index in [1.807, 2.05) is 30.3 Å². The molecular weight excluding hydrogens is 340 g/mol. The molecule has 1 aromatic rings. The van der Waals surface area contributed by atoms with Gasteiger partial charge in [-0.1, -0.05) is 30.3 Å². The predicted octanol–water partition coefficient (Wildman–Crippen LogP) is 3.29. The van der Waals surface area contributed by atoms with E-state index in [1.165, 1.54) is 45.6 Å². The molecule has 5 heteroatoms. The fourth-order valence-electron chi connectivity index (χ4n) is 6.17. The van der Waals surface area contributed by atoms with Crippen LogP contribution < -0.4 is 10.6 Å². The maximum atomic E-state index is 12.5. The van der Waals surface area contributed by atoms with Crippen LogP contribution in [-0.2, 0) is 16.0 Å². The second kappa shape index (κ2) is 7.53. The Morgan fingerprint density at radius 2 is 1.67 bits per heavy atom. The molecule has 1 atom stereocenters. The summed E-state index contributed by atoms with van der Waals surface area (Å²) in [6, 6.07) is 8.75. The summed E-state index contributed by atoms with van der Waals surface area (Å²) in [4.78, 5) is 24.6. The number of carbonyl (C=O) groups is 2. The van der Waals surface area contributed by atoms with E-state index < -0.39 is 12.0 Å². The summed E-state index contributed by atoms with van der Waals surface area (Å²) in [5, 5.41) is 5.90. The van der Waals surface area contributed by atoms with Crippen molar-refractivity contribution in [1.82, 2.24) is 10.6 Å². The average molecular weight is 370 g/mol. The molecule has 2 amide bonds. The number of hydrogen-bond donors (Lipinski definition) is 2. The van der Waals surface area contributed by atoms with Gasteiger partial charge in [-0.15, -0.1) is 0 Å². The quantitative estimate of drug-likeness (QED) is 0.755. The maximum Gasteiger partial charge on any atom is 0.328 e. The van der Waals surface area contributed by atoms with E-state index in [4.69, 9.17) is 4.74 Å². The molecule has 4 saturated carbocycles. The van der Waals surface area contributed by atoms with Gasteiger partial charge in [0, 0.05) is 13.0 Å². The summed E-state index contributed by atoms with van der Waals surface area (Å²) in [7, 11) is 1.36. The van der Waals surface area contributed by atoms with Crippen molar-refractivity contribution in [3.63, 3.8) is 0 Å². The third-order valence-electron chi connectivity index (χ3n) is 6.86. The molecule has 5 rings (SSSR count). The standard InChI is InChI=1S/C22H30N2O3/c1-27-20(25)19(10-15-5-3-2-4-6-15)24-21(26)23-14-22-11-16-7-17(12-22)9-18(8-16)13-22/h2-6,16-19H,7-14H2,1H3,(H2,23,24,26). The molecule has 0 spiro atoms. The molecule has 1 unspecified atom stereocenters. The Labute approximate surface area is 161 Å². The van der Waals surface area contributed by atoms with E-state index in [-0.39, 0.29) is 11.4 Å². The molecule has 4 fully saturated rings. The zero-order valence-corrected chi connectivity index (χ0v) is 16.1. The van der Waals surface area contributed by atoms with Crippen LogP contribution in [0.3, 0.4) is 0 Å². The summed E-state index contributed by atoms with van der Waals surface area (Å²) < 4.78 is 4.88. The van der Waals surface area contributed by atoms with Gasteiger partial charge >= 0.3 is 12.0 Å². The Morgan fingerprint density at radius 1 is 1.07 bits per heavy atom. The number of carbonyl (C=O) groups excluding carboxylic acids is 2. The van der Waals surface area contributed by atoms with E-state index in [0.29, 0.717) is 6.42 Å². The van der Waals surface area contributed by atoms with Gasteiger partial charge in [0.1, 0.15) is 6.04 Å². The van der Waals surface area contributed by atoms with Gasteiger partial charge in [0.25, 0.3) is 0 Å². The number of benzene rings is 1. The second-order valence-electron chi connectivity index (χ2n) is 9.01. The first-order valence-corrected chi connectivity index (χ1v) is 10.2. The van der Waals surface area contributed by atoms with Crippen LogP contribution in [0.15, 0.2) is 30.3 Å². The van der Waals surface area contributed by atoms with Crippen molar-refractivity contribution in [2.24, 2.45) is 23.2 Å². The molecule has 0 heterocycles. The monoisotopic (exact) mass is 370 g/mol. The van der Waals surface area contributed by atoms with Crippen LogP contribution in [0.1, 0.15) is 44.1 Å². The highest BCUT2D eigenvalue weighted by Gasteiger charge is 2.50. The first-order chi connectivity index (χ1) is 13.0. The topological polar surface area (TPSA) is 67.4 Å². The van der Waals surface area contributed by atoms with Crippen LogP contribution in [0.5, 0.6) is 0 Å². The molecule has 0 aliphatic heterocycles. The highest BCUT2D eigenvalue weighted by Crippen LogP contribution is 2.59. The van der Waals surface area contributed by atoms with Gasteiger partial charge in [0.2, 0.25) is 0 Å². The number of amides is 2. The third-order valence-corrected chi connectivity index (χ3v) is 6.86. The Morgan fingerprint density at radius 3 is 2.22 bits per heavy atom. The molecule has 2 N–H and O–H groups in total. The SMILES string of the molecule is COC(=O)C(Cc1ccccc1)NC(=O)NCC12CC3CC(CC(C3)C1)C2. The zero-order valence-electron chi connectivity index (χ0n) is 16.1. The van der Waals surface area contributed by atoms with Crippen molar-refractivity contribution < 1.29 is 14.3 Å². The predicted molar refractivity (Wildman–Crippen MR) is 103 cm³/mol. The summed E-state index contributed by atoms with van der Waals surface area (Å²) in [6.07, 6.45) is 8.38. The van der Waals surface area contributed by atoms with Crippen molar-refractivity contribution >= 4 is 12.0 Å². The van der Waals surface area contributed by atoms with Gasteiger partial charge < -0.3 is 15.4 Å². The number of esters is 1. The molecule has 4 bridgehead atoms. The van der Waals surface area contributed by atoms with Crippen molar-refractivity contribution in [3.8, 4) is 0 Å². The van der Waals surface area contributed by atoms with Gasteiger partial charge in [0.05, 0.1) is 7.11 Å². The zero-order chi connectivity index (χ0) is 18.9. The van der Waals surface area contributed by atoms with Gasteiger partial charge in [-0.2, -0.15) is 0 Å². The fourth-order valence-corrected chi connectivity index (χ4v) is 6.17. The number of ether oxygens (including phenoxy) is 1. The van der Waals surface area contributed by atoms with Gasteiger partial charge in [-0.05, 0) is 67.3 Å². The lowest BCUT2D eigenvalue weighted by molar-refractivity contribution is -0.142.